The van der Waals surface area contributed by atoms with Gasteiger partial charge in [0.25, 0.3) is 15.7 Å². The highest BCUT2D eigenvalue weighted by Gasteiger charge is 2.32. The Bertz CT molecular complexity index is 862. The summed E-state index contributed by atoms with van der Waals surface area (Å²) < 4.78 is 27.1. The van der Waals surface area contributed by atoms with Crippen molar-refractivity contribution >= 4 is 21.4 Å². The van der Waals surface area contributed by atoms with Gasteiger partial charge in [-0.15, -0.1) is 0 Å². The second kappa shape index (κ2) is 5.10. The van der Waals surface area contributed by atoms with Gasteiger partial charge in [-0.2, -0.15) is 0 Å². The Kier molecular flexibility index (Phi) is 3.37. The molecule has 0 radical (unpaired) electrons. The van der Waals surface area contributed by atoms with Crippen molar-refractivity contribution in [3.05, 3.63) is 63.7 Å². The van der Waals surface area contributed by atoms with Crippen molar-refractivity contribution in [3.8, 4) is 0 Å². The largest absolute Gasteiger partial charge is 0.270 e. The number of anilines is 1. The van der Waals surface area contributed by atoms with Crippen molar-refractivity contribution in [2.45, 2.75) is 18.2 Å². The molecule has 0 fully saturated rings. The van der Waals surface area contributed by atoms with E-state index in [1.165, 1.54) is 16.4 Å². The van der Waals surface area contributed by atoms with Gasteiger partial charge in [0.05, 0.1) is 15.5 Å². The number of fused-ring (bicyclic) bond motifs is 1. The zero-order chi connectivity index (χ0) is 15.9. The van der Waals surface area contributed by atoms with Gasteiger partial charge in [0.15, 0.2) is 0 Å². The first-order chi connectivity index (χ1) is 10.4. The molecule has 0 spiro atoms. The molecule has 0 atom stereocenters. The molecular weight excluding hydrogens is 304 g/mol. The molecule has 0 N–H and O–H groups in total. The van der Waals surface area contributed by atoms with Crippen molar-refractivity contribution in [2.75, 3.05) is 10.8 Å². The summed E-state index contributed by atoms with van der Waals surface area (Å²) in [5.74, 6) is 0. The van der Waals surface area contributed by atoms with Crippen LogP contribution in [-0.2, 0) is 16.4 Å². The van der Waals surface area contributed by atoms with Crippen LogP contribution in [0.25, 0.3) is 0 Å². The van der Waals surface area contributed by atoms with Gasteiger partial charge in [-0.3, -0.25) is 14.4 Å². The molecule has 22 heavy (non-hydrogen) atoms. The first kappa shape index (κ1) is 14.5. The molecule has 1 heterocycles. The quantitative estimate of drug-likeness (QED) is 0.643. The highest BCUT2D eigenvalue weighted by Crippen LogP contribution is 2.34. The first-order valence-electron chi connectivity index (χ1n) is 6.77. The highest BCUT2D eigenvalue weighted by atomic mass is 32.2. The summed E-state index contributed by atoms with van der Waals surface area (Å²) >= 11 is 0. The maximum Gasteiger partial charge on any atom is 0.270 e. The summed E-state index contributed by atoms with van der Waals surface area (Å²) in [6, 6.07) is 11.2. The van der Waals surface area contributed by atoms with E-state index in [1.54, 1.807) is 19.1 Å². The predicted molar refractivity (Wildman–Crippen MR) is 82.5 cm³/mol. The van der Waals surface area contributed by atoms with Crippen LogP contribution >= 0.6 is 0 Å². The van der Waals surface area contributed by atoms with E-state index >= 15 is 0 Å². The number of nitrogens with zero attached hydrogens (tertiary/aromatic N) is 2. The van der Waals surface area contributed by atoms with E-state index in [4.69, 9.17) is 0 Å². The summed E-state index contributed by atoms with van der Waals surface area (Å²) in [7, 11) is -3.81. The minimum absolute atomic E-state index is 0.0154. The molecule has 0 saturated heterocycles. The molecule has 0 unspecified atom stereocenters. The van der Waals surface area contributed by atoms with E-state index in [-0.39, 0.29) is 10.6 Å². The Labute approximate surface area is 128 Å². The molecule has 2 aromatic rings. The minimum atomic E-state index is -3.81. The van der Waals surface area contributed by atoms with Gasteiger partial charge >= 0.3 is 0 Å². The fourth-order valence-electron chi connectivity index (χ4n) is 2.66. The molecular formula is C15H14N2O4S. The number of rotatable bonds is 3. The van der Waals surface area contributed by atoms with Crippen molar-refractivity contribution in [1.29, 1.82) is 0 Å². The van der Waals surface area contributed by atoms with Gasteiger partial charge in [-0.05, 0) is 30.5 Å². The van der Waals surface area contributed by atoms with Crippen LogP contribution in [0.1, 0.15) is 11.1 Å². The third-order valence-corrected chi connectivity index (χ3v) is 5.75. The van der Waals surface area contributed by atoms with E-state index < -0.39 is 14.9 Å². The molecule has 7 heteroatoms. The lowest BCUT2D eigenvalue weighted by Gasteiger charge is -2.20. The molecule has 0 aliphatic carbocycles. The number of benzene rings is 2. The zero-order valence-electron chi connectivity index (χ0n) is 11.9. The van der Waals surface area contributed by atoms with E-state index in [0.717, 1.165) is 11.6 Å². The van der Waals surface area contributed by atoms with Crippen LogP contribution in [0.2, 0.25) is 0 Å². The summed E-state index contributed by atoms with van der Waals surface area (Å²) in [5.41, 5.74) is 1.88. The number of para-hydroxylation sites is 1. The maximum atomic E-state index is 12.9. The van der Waals surface area contributed by atoms with Gasteiger partial charge in [0.1, 0.15) is 0 Å². The van der Waals surface area contributed by atoms with E-state index in [2.05, 4.69) is 0 Å². The number of nitro benzene ring substituents is 1. The van der Waals surface area contributed by atoms with Crippen LogP contribution in [-0.4, -0.2) is 19.9 Å². The van der Waals surface area contributed by atoms with Crippen LogP contribution in [0.15, 0.2) is 47.4 Å². The average molecular weight is 318 g/mol. The van der Waals surface area contributed by atoms with Gasteiger partial charge in [0.2, 0.25) is 0 Å². The SMILES string of the molecule is Cc1ccc([N+](=O)[O-])cc1S(=O)(=O)N1CCc2ccccc21. The summed E-state index contributed by atoms with van der Waals surface area (Å²) in [6.07, 6.45) is 0.642. The molecule has 0 saturated carbocycles. The Hall–Kier alpha value is -2.41. The van der Waals surface area contributed by atoms with Crippen LogP contribution in [0.4, 0.5) is 11.4 Å². The van der Waals surface area contributed by atoms with Gasteiger partial charge in [-0.1, -0.05) is 24.3 Å². The second-order valence-corrected chi connectivity index (χ2v) is 6.99. The Morgan fingerprint density at radius 3 is 2.64 bits per heavy atom. The van der Waals surface area contributed by atoms with Gasteiger partial charge < -0.3 is 0 Å². The fourth-order valence-corrected chi connectivity index (χ4v) is 4.41. The maximum absolute atomic E-state index is 12.9. The number of non-ortho nitro benzene ring substituents is 1. The van der Waals surface area contributed by atoms with Crippen molar-refractivity contribution in [2.24, 2.45) is 0 Å². The van der Waals surface area contributed by atoms with E-state index in [9.17, 15) is 18.5 Å². The number of nitro groups is 1. The van der Waals surface area contributed by atoms with Crippen LogP contribution in [0.5, 0.6) is 0 Å². The van der Waals surface area contributed by atoms with Crippen molar-refractivity contribution in [1.82, 2.24) is 0 Å². The number of sulfonamides is 1. The molecule has 0 amide bonds. The predicted octanol–water partition coefficient (Wildman–Crippen LogP) is 2.65. The fraction of sp³-hybridized carbons (Fsp3) is 0.200. The smallest absolute Gasteiger partial charge is 0.266 e. The topological polar surface area (TPSA) is 80.5 Å². The third-order valence-electron chi connectivity index (χ3n) is 3.80. The standard InChI is InChI=1S/C15H14N2O4S/c1-11-6-7-13(17(18)19)10-15(11)22(20,21)16-9-8-12-4-2-3-5-14(12)16/h2-7,10H,8-9H2,1H3. The average Bonchev–Trinajstić information content (AvgIpc) is 2.91. The molecule has 1 aliphatic rings. The number of aryl methyl sites for hydroxylation is 1. The Balaban J connectivity index is 2.12. The summed E-state index contributed by atoms with van der Waals surface area (Å²) in [4.78, 5) is 10.3. The molecule has 0 aromatic heterocycles. The second-order valence-electron chi connectivity index (χ2n) is 5.16. The number of hydrogen-bond donors (Lipinski definition) is 0. The molecule has 114 valence electrons. The minimum Gasteiger partial charge on any atom is -0.266 e. The molecule has 0 bridgehead atoms. The lowest BCUT2D eigenvalue weighted by atomic mass is 10.2. The molecule has 2 aromatic carbocycles. The Morgan fingerprint density at radius 2 is 1.91 bits per heavy atom. The lowest BCUT2D eigenvalue weighted by molar-refractivity contribution is -0.385. The third kappa shape index (κ3) is 2.23. The molecule has 1 aliphatic heterocycles. The van der Waals surface area contributed by atoms with Gasteiger partial charge in [-0.25, -0.2) is 8.42 Å². The van der Waals surface area contributed by atoms with Crippen molar-refractivity contribution in [3.63, 3.8) is 0 Å². The first-order valence-corrected chi connectivity index (χ1v) is 8.21. The summed E-state index contributed by atoms with van der Waals surface area (Å²) in [6.45, 7) is 1.99. The van der Waals surface area contributed by atoms with Crippen LogP contribution in [0, 0.1) is 17.0 Å². The molecule has 6 nitrogen and oxygen atoms in total. The normalized spacial score (nSPS) is 14.0. The van der Waals surface area contributed by atoms with Crippen LogP contribution < -0.4 is 4.31 Å². The lowest BCUT2D eigenvalue weighted by Crippen LogP contribution is -2.29. The van der Waals surface area contributed by atoms with Crippen molar-refractivity contribution < 1.29 is 13.3 Å². The van der Waals surface area contributed by atoms with E-state index in [0.29, 0.717) is 24.2 Å². The van der Waals surface area contributed by atoms with E-state index in [1.807, 2.05) is 12.1 Å². The monoisotopic (exact) mass is 318 g/mol. The molecule has 3 rings (SSSR count). The highest BCUT2D eigenvalue weighted by molar-refractivity contribution is 7.93. The van der Waals surface area contributed by atoms with Gasteiger partial charge in [0, 0.05) is 18.7 Å². The summed E-state index contributed by atoms with van der Waals surface area (Å²) in [5, 5.41) is 10.9. The Morgan fingerprint density at radius 1 is 1.18 bits per heavy atom. The van der Waals surface area contributed by atoms with Crippen LogP contribution in [0.3, 0.4) is 0 Å². The zero-order valence-corrected chi connectivity index (χ0v) is 12.7. The number of hydrogen-bond acceptors (Lipinski definition) is 4.